The molecule has 0 amide bonds. The van der Waals surface area contributed by atoms with E-state index in [1.807, 2.05) is 37.4 Å². The zero-order valence-electron chi connectivity index (χ0n) is 12.4. The molecule has 0 aliphatic carbocycles. The normalized spacial score (nSPS) is 11.2. The third-order valence-corrected chi connectivity index (χ3v) is 4.08. The summed E-state index contributed by atoms with van der Waals surface area (Å²) in [5, 5.41) is 13.4. The van der Waals surface area contributed by atoms with E-state index in [4.69, 9.17) is 11.6 Å². The molecule has 2 aromatic heterocycles. The van der Waals surface area contributed by atoms with Crippen LogP contribution in [-0.4, -0.2) is 29.8 Å². The highest BCUT2D eigenvalue weighted by Crippen LogP contribution is 2.30. The number of aryl methyl sites for hydroxylation is 1. The maximum absolute atomic E-state index is 6.00. The summed E-state index contributed by atoms with van der Waals surface area (Å²) in [7, 11) is 1.89. The zero-order valence-corrected chi connectivity index (χ0v) is 13.1. The summed E-state index contributed by atoms with van der Waals surface area (Å²) in [5.74, 6) is 0. The van der Waals surface area contributed by atoms with Gasteiger partial charge in [-0.3, -0.25) is 0 Å². The number of benzene rings is 2. The van der Waals surface area contributed by atoms with Crippen LogP contribution in [-0.2, 0) is 13.6 Å². The summed E-state index contributed by atoms with van der Waals surface area (Å²) in [6, 6.07) is 11.9. The molecular formula is C16H13ClN6. The van der Waals surface area contributed by atoms with Gasteiger partial charge in [0.25, 0.3) is 0 Å². The number of fused-ring (bicyclic) bond motifs is 1. The van der Waals surface area contributed by atoms with Gasteiger partial charge in [-0.05, 0) is 29.3 Å². The van der Waals surface area contributed by atoms with E-state index in [0.29, 0.717) is 11.6 Å². The van der Waals surface area contributed by atoms with Gasteiger partial charge in [0, 0.05) is 17.6 Å². The summed E-state index contributed by atoms with van der Waals surface area (Å²) in [4.78, 5) is 4.01. The number of aromatic nitrogens is 6. The van der Waals surface area contributed by atoms with Crippen LogP contribution in [0.4, 0.5) is 0 Å². The largest absolute Gasteiger partial charge is 0.248 e. The number of hydrogen-bond acceptors (Lipinski definition) is 4. The lowest BCUT2D eigenvalue weighted by Gasteiger charge is -2.11. The Kier molecular flexibility index (Phi) is 3.31. The molecule has 0 N–H and O–H groups in total. The highest BCUT2D eigenvalue weighted by Gasteiger charge is 2.14. The lowest BCUT2D eigenvalue weighted by Crippen LogP contribution is -2.03. The van der Waals surface area contributed by atoms with Gasteiger partial charge >= 0.3 is 0 Å². The first-order valence-corrected chi connectivity index (χ1v) is 7.50. The monoisotopic (exact) mass is 324 g/mol. The predicted octanol–water partition coefficient (Wildman–Crippen LogP) is 2.93. The van der Waals surface area contributed by atoms with Gasteiger partial charge in [0.05, 0.1) is 12.1 Å². The molecule has 0 fully saturated rings. The van der Waals surface area contributed by atoms with Crippen molar-refractivity contribution in [2.45, 2.75) is 6.54 Å². The minimum Gasteiger partial charge on any atom is -0.248 e. The zero-order chi connectivity index (χ0) is 15.8. The molecule has 2 aromatic carbocycles. The topological polar surface area (TPSA) is 61.4 Å². The van der Waals surface area contributed by atoms with Crippen LogP contribution in [0.3, 0.4) is 0 Å². The van der Waals surface area contributed by atoms with Gasteiger partial charge in [-0.25, -0.2) is 14.3 Å². The molecule has 0 atom stereocenters. The molecule has 0 spiro atoms. The quantitative estimate of drug-likeness (QED) is 0.581. The molecule has 0 radical (unpaired) electrons. The van der Waals surface area contributed by atoms with Crippen molar-refractivity contribution in [2.24, 2.45) is 7.05 Å². The van der Waals surface area contributed by atoms with Crippen LogP contribution in [0, 0.1) is 0 Å². The van der Waals surface area contributed by atoms with Gasteiger partial charge in [0.2, 0.25) is 0 Å². The number of hydrogen-bond donors (Lipinski definition) is 0. The molecular weight excluding hydrogens is 312 g/mol. The second-order valence-corrected chi connectivity index (χ2v) is 5.71. The molecule has 114 valence electrons. The van der Waals surface area contributed by atoms with Crippen molar-refractivity contribution in [1.82, 2.24) is 29.8 Å². The van der Waals surface area contributed by atoms with Crippen LogP contribution in [0.1, 0.15) is 5.56 Å². The Balaban J connectivity index is 1.93. The fourth-order valence-electron chi connectivity index (χ4n) is 2.69. The van der Waals surface area contributed by atoms with Crippen molar-refractivity contribution in [3.05, 3.63) is 59.6 Å². The summed E-state index contributed by atoms with van der Waals surface area (Å²) < 4.78 is 3.55. The molecule has 0 saturated heterocycles. The lowest BCUT2D eigenvalue weighted by molar-refractivity contribution is 0.687. The number of halogens is 1. The molecule has 23 heavy (non-hydrogen) atoms. The Morgan fingerprint density at radius 3 is 2.65 bits per heavy atom. The maximum Gasteiger partial charge on any atom is 0.137 e. The van der Waals surface area contributed by atoms with E-state index in [1.54, 1.807) is 15.7 Å². The van der Waals surface area contributed by atoms with Crippen molar-refractivity contribution in [2.75, 3.05) is 0 Å². The highest BCUT2D eigenvalue weighted by atomic mass is 35.5. The molecule has 7 heteroatoms. The van der Waals surface area contributed by atoms with Crippen LogP contribution in [0.25, 0.3) is 22.2 Å². The number of nitrogens with zero attached hydrogens (tertiary/aromatic N) is 6. The van der Waals surface area contributed by atoms with Crippen LogP contribution in [0.2, 0.25) is 5.02 Å². The molecule has 0 bridgehead atoms. The van der Waals surface area contributed by atoms with E-state index >= 15 is 0 Å². The van der Waals surface area contributed by atoms with Gasteiger partial charge in [-0.2, -0.15) is 5.10 Å². The Labute approximate surface area is 137 Å². The second-order valence-electron chi connectivity index (χ2n) is 5.27. The second kappa shape index (κ2) is 5.48. The van der Waals surface area contributed by atoms with Crippen LogP contribution >= 0.6 is 11.6 Å². The van der Waals surface area contributed by atoms with Crippen LogP contribution in [0.15, 0.2) is 49.1 Å². The first kappa shape index (κ1) is 13.9. The fraction of sp³-hybridized carbons (Fsp3) is 0.125. The van der Waals surface area contributed by atoms with E-state index in [-0.39, 0.29) is 0 Å². The van der Waals surface area contributed by atoms with Crippen molar-refractivity contribution in [1.29, 1.82) is 0 Å². The molecule has 0 aliphatic rings. The summed E-state index contributed by atoms with van der Waals surface area (Å²) in [6.45, 7) is 0.577. The summed E-state index contributed by atoms with van der Waals surface area (Å²) >= 11 is 6.00. The first-order valence-electron chi connectivity index (χ1n) is 7.12. The Bertz CT molecular complexity index is 956. The molecule has 0 saturated carbocycles. The predicted molar refractivity (Wildman–Crippen MR) is 88.1 cm³/mol. The van der Waals surface area contributed by atoms with Gasteiger partial charge in [-0.15, -0.1) is 5.10 Å². The van der Waals surface area contributed by atoms with Gasteiger partial charge in [0.1, 0.15) is 18.2 Å². The molecule has 2 heterocycles. The van der Waals surface area contributed by atoms with Gasteiger partial charge in [-0.1, -0.05) is 35.0 Å². The molecule has 4 aromatic rings. The third kappa shape index (κ3) is 2.47. The minimum atomic E-state index is 0.577. The Morgan fingerprint density at radius 2 is 1.91 bits per heavy atom. The molecule has 4 rings (SSSR count). The van der Waals surface area contributed by atoms with Crippen LogP contribution in [0.5, 0.6) is 0 Å². The fourth-order valence-corrected chi connectivity index (χ4v) is 2.82. The van der Waals surface area contributed by atoms with Gasteiger partial charge < -0.3 is 0 Å². The average Bonchev–Trinajstić information content (AvgIpc) is 3.19. The number of rotatable bonds is 3. The highest BCUT2D eigenvalue weighted by molar-refractivity contribution is 6.30. The van der Waals surface area contributed by atoms with Crippen molar-refractivity contribution < 1.29 is 0 Å². The lowest BCUT2D eigenvalue weighted by atomic mass is 9.98. The van der Waals surface area contributed by atoms with Crippen LogP contribution < -0.4 is 0 Å². The smallest absolute Gasteiger partial charge is 0.137 e. The van der Waals surface area contributed by atoms with E-state index < -0.39 is 0 Å². The van der Waals surface area contributed by atoms with Crippen molar-refractivity contribution >= 4 is 22.6 Å². The summed E-state index contributed by atoms with van der Waals surface area (Å²) in [5.41, 5.74) is 5.08. The Morgan fingerprint density at radius 1 is 1.09 bits per heavy atom. The molecule has 0 aliphatic heterocycles. The molecule has 6 nitrogen and oxygen atoms in total. The minimum absolute atomic E-state index is 0.577. The standard InChI is InChI=1S/C16H13ClN6/c1-22-15-7-6-13(11-2-4-12(17)5-3-11)14(16(15)20-21-22)8-23-10-18-9-19-23/h2-7,9-10H,8H2,1H3. The van der Waals surface area contributed by atoms with E-state index in [1.165, 1.54) is 6.33 Å². The van der Waals surface area contributed by atoms with Crippen molar-refractivity contribution in [3.63, 3.8) is 0 Å². The van der Waals surface area contributed by atoms with E-state index in [9.17, 15) is 0 Å². The third-order valence-electron chi connectivity index (χ3n) is 3.83. The maximum atomic E-state index is 6.00. The van der Waals surface area contributed by atoms with E-state index in [2.05, 4.69) is 26.5 Å². The molecule has 0 unspecified atom stereocenters. The average molecular weight is 325 g/mol. The van der Waals surface area contributed by atoms with E-state index in [0.717, 1.165) is 27.7 Å². The van der Waals surface area contributed by atoms with Crippen molar-refractivity contribution in [3.8, 4) is 11.1 Å². The van der Waals surface area contributed by atoms with Gasteiger partial charge in [0.15, 0.2) is 0 Å². The SMILES string of the molecule is Cn1nnc2c(Cn3cncn3)c(-c3ccc(Cl)cc3)ccc21. The Hall–Kier alpha value is -2.73. The summed E-state index contributed by atoms with van der Waals surface area (Å²) in [6.07, 6.45) is 3.22. The first-order chi connectivity index (χ1) is 11.2.